The van der Waals surface area contributed by atoms with Crippen molar-refractivity contribution in [2.45, 2.75) is 10.9 Å². The summed E-state index contributed by atoms with van der Waals surface area (Å²) in [6.45, 7) is 0. The molecule has 0 aliphatic heterocycles. The molecule has 0 aliphatic carbocycles. The highest BCUT2D eigenvalue weighted by molar-refractivity contribution is 9.10. The standard InChI is InChI=1S/C11H14BrNO2S/c1-13-9(11(14)15-2)7-16-10-6-4-3-5-8(10)12/h3-6,9,13H,7H2,1-2H3. The van der Waals surface area contributed by atoms with Gasteiger partial charge in [0.15, 0.2) is 0 Å². The predicted octanol–water partition coefficient (Wildman–Crippen LogP) is 2.30. The maximum atomic E-state index is 11.3. The van der Waals surface area contributed by atoms with Crippen molar-refractivity contribution >= 4 is 33.7 Å². The number of methoxy groups -OCH3 is 1. The van der Waals surface area contributed by atoms with Crippen LogP contribution in [0.2, 0.25) is 0 Å². The number of thioether (sulfide) groups is 1. The number of nitrogens with one attached hydrogen (secondary N) is 1. The number of carbonyl (C=O) groups is 1. The van der Waals surface area contributed by atoms with Crippen LogP contribution in [0.3, 0.4) is 0 Å². The number of rotatable bonds is 5. The molecule has 0 bridgehead atoms. The second-order valence-corrected chi connectivity index (χ2v) is 5.02. The van der Waals surface area contributed by atoms with Gasteiger partial charge in [0.2, 0.25) is 0 Å². The average molecular weight is 304 g/mol. The van der Waals surface area contributed by atoms with Gasteiger partial charge >= 0.3 is 5.97 Å². The molecule has 0 aliphatic rings. The molecular weight excluding hydrogens is 290 g/mol. The molecule has 1 rings (SSSR count). The van der Waals surface area contributed by atoms with E-state index < -0.39 is 0 Å². The summed E-state index contributed by atoms with van der Waals surface area (Å²) in [5.74, 6) is 0.410. The maximum Gasteiger partial charge on any atom is 0.323 e. The van der Waals surface area contributed by atoms with E-state index in [4.69, 9.17) is 4.74 Å². The van der Waals surface area contributed by atoms with E-state index in [0.717, 1.165) is 9.37 Å². The van der Waals surface area contributed by atoms with E-state index in [1.54, 1.807) is 18.8 Å². The van der Waals surface area contributed by atoms with Gasteiger partial charge in [0.05, 0.1) is 7.11 Å². The van der Waals surface area contributed by atoms with Crippen LogP contribution in [-0.2, 0) is 9.53 Å². The van der Waals surface area contributed by atoms with Crippen LogP contribution in [0, 0.1) is 0 Å². The summed E-state index contributed by atoms with van der Waals surface area (Å²) in [6, 6.07) is 7.65. The molecule has 88 valence electrons. The fourth-order valence-electron chi connectivity index (χ4n) is 1.15. The molecule has 1 aromatic carbocycles. The molecule has 1 unspecified atom stereocenters. The summed E-state index contributed by atoms with van der Waals surface area (Å²) < 4.78 is 5.74. The Kier molecular flexibility index (Phi) is 5.87. The van der Waals surface area contributed by atoms with E-state index in [1.807, 2.05) is 24.3 Å². The molecule has 0 heterocycles. The van der Waals surface area contributed by atoms with Crippen LogP contribution in [0.25, 0.3) is 0 Å². The zero-order chi connectivity index (χ0) is 12.0. The molecule has 3 nitrogen and oxygen atoms in total. The van der Waals surface area contributed by atoms with Crippen molar-refractivity contribution < 1.29 is 9.53 Å². The summed E-state index contributed by atoms with van der Waals surface area (Å²) in [5, 5.41) is 2.93. The average Bonchev–Trinajstić information content (AvgIpc) is 2.31. The molecule has 0 saturated carbocycles. The zero-order valence-electron chi connectivity index (χ0n) is 9.20. The summed E-state index contributed by atoms with van der Waals surface area (Å²) >= 11 is 5.08. The molecule has 0 aromatic heterocycles. The van der Waals surface area contributed by atoms with Crippen molar-refractivity contribution in [1.82, 2.24) is 5.32 Å². The molecule has 0 spiro atoms. The van der Waals surface area contributed by atoms with Gasteiger partial charge in [-0.2, -0.15) is 0 Å². The number of carbonyl (C=O) groups excluding carboxylic acids is 1. The third-order valence-corrected chi connectivity index (χ3v) is 4.20. The lowest BCUT2D eigenvalue weighted by Gasteiger charge is -2.13. The topological polar surface area (TPSA) is 38.3 Å². The van der Waals surface area contributed by atoms with Crippen LogP contribution in [0.15, 0.2) is 33.6 Å². The van der Waals surface area contributed by atoms with Gasteiger partial charge < -0.3 is 10.1 Å². The highest BCUT2D eigenvalue weighted by atomic mass is 79.9. The number of hydrogen-bond acceptors (Lipinski definition) is 4. The highest BCUT2D eigenvalue weighted by Gasteiger charge is 2.17. The van der Waals surface area contributed by atoms with Gasteiger partial charge in [0.1, 0.15) is 6.04 Å². The van der Waals surface area contributed by atoms with Crippen molar-refractivity contribution in [2.24, 2.45) is 0 Å². The quantitative estimate of drug-likeness (QED) is 0.669. The zero-order valence-corrected chi connectivity index (χ0v) is 11.6. The Hall–Kier alpha value is -0.520. The van der Waals surface area contributed by atoms with Crippen LogP contribution in [-0.4, -0.2) is 31.9 Å². The molecule has 5 heteroatoms. The summed E-state index contributed by atoms with van der Waals surface area (Å²) in [4.78, 5) is 12.5. The fraction of sp³-hybridized carbons (Fsp3) is 0.364. The van der Waals surface area contributed by atoms with Crippen molar-refractivity contribution in [3.63, 3.8) is 0 Å². The van der Waals surface area contributed by atoms with Gasteiger partial charge in [-0.15, -0.1) is 11.8 Å². The Bertz CT molecular complexity index is 360. The van der Waals surface area contributed by atoms with Crippen LogP contribution in [0.4, 0.5) is 0 Å². The predicted molar refractivity (Wildman–Crippen MR) is 69.7 cm³/mol. The van der Waals surface area contributed by atoms with Crippen LogP contribution >= 0.6 is 27.7 Å². The van der Waals surface area contributed by atoms with E-state index in [0.29, 0.717) is 5.75 Å². The first kappa shape index (κ1) is 13.5. The van der Waals surface area contributed by atoms with Gasteiger partial charge in [0, 0.05) is 15.1 Å². The van der Waals surface area contributed by atoms with E-state index >= 15 is 0 Å². The molecule has 16 heavy (non-hydrogen) atoms. The van der Waals surface area contributed by atoms with Crippen LogP contribution in [0.1, 0.15) is 0 Å². The molecule has 0 fully saturated rings. The first-order valence-electron chi connectivity index (χ1n) is 4.81. The third kappa shape index (κ3) is 3.81. The van der Waals surface area contributed by atoms with Gasteiger partial charge in [-0.05, 0) is 35.1 Å². The molecule has 0 amide bonds. The van der Waals surface area contributed by atoms with Crippen molar-refractivity contribution in [3.05, 3.63) is 28.7 Å². The Morgan fingerprint density at radius 3 is 2.81 bits per heavy atom. The molecule has 0 saturated heterocycles. The summed E-state index contributed by atoms with van der Waals surface area (Å²) in [5.41, 5.74) is 0. The molecule has 1 aromatic rings. The number of likely N-dealkylation sites (N-methyl/N-ethyl adjacent to an activating group) is 1. The Labute approximate surface area is 108 Å². The van der Waals surface area contributed by atoms with Gasteiger partial charge in [-0.1, -0.05) is 12.1 Å². The minimum atomic E-state index is -0.276. The number of halogens is 1. The number of hydrogen-bond donors (Lipinski definition) is 1. The van der Waals surface area contributed by atoms with Gasteiger partial charge in [-0.25, -0.2) is 0 Å². The maximum absolute atomic E-state index is 11.3. The summed E-state index contributed by atoms with van der Waals surface area (Å²) in [6.07, 6.45) is 0. The van der Waals surface area contributed by atoms with Crippen LogP contribution < -0.4 is 5.32 Å². The number of benzene rings is 1. The lowest BCUT2D eigenvalue weighted by atomic mass is 10.3. The molecular formula is C11H14BrNO2S. The smallest absolute Gasteiger partial charge is 0.323 e. The van der Waals surface area contributed by atoms with Gasteiger partial charge in [-0.3, -0.25) is 4.79 Å². The minimum Gasteiger partial charge on any atom is -0.468 e. The third-order valence-electron chi connectivity index (χ3n) is 2.08. The van der Waals surface area contributed by atoms with Crippen molar-refractivity contribution in [2.75, 3.05) is 19.9 Å². The first-order chi connectivity index (χ1) is 7.69. The summed E-state index contributed by atoms with van der Waals surface area (Å²) in [7, 11) is 3.15. The van der Waals surface area contributed by atoms with Crippen LogP contribution in [0.5, 0.6) is 0 Å². The lowest BCUT2D eigenvalue weighted by molar-refractivity contribution is -0.142. The molecule has 1 N–H and O–H groups in total. The fourth-order valence-corrected chi connectivity index (χ4v) is 2.80. The second-order valence-electron chi connectivity index (χ2n) is 3.11. The van der Waals surface area contributed by atoms with E-state index in [1.165, 1.54) is 7.11 Å². The van der Waals surface area contributed by atoms with Crippen molar-refractivity contribution in [1.29, 1.82) is 0 Å². The second kappa shape index (κ2) is 6.93. The largest absolute Gasteiger partial charge is 0.468 e. The number of esters is 1. The minimum absolute atomic E-state index is 0.234. The monoisotopic (exact) mass is 303 g/mol. The Morgan fingerprint density at radius 1 is 1.56 bits per heavy atom. The molecule has 1 atom stereocenters. The lowest BCUT2D eigenvalue weighted by Crippen LogP contribution is -2.37. The number of ether oxygens (including phenoxy) is 1. The first-order valence-corrected chi connectivity index (χ1v) is 6.59. The van der Waals surface area contributed by atoms with E-state index in [2.05, 4.69) is 21.2 Å². The van der Waals surface area contributed by atoms with Gasteiger partial charge in [0.25, 0.3) is 0 Å². The molecule has 0 radical (unpaired) electrons. The Morgan fingerprint density at radius 2 is 2.25 bits per heavy atom. The van der Waals surface area contributed by atoms with Crippen molar-refractivity contribution in [3.8, 4) is 0 Å². The SMILES string of the molecule is CNC(CSc1ccccc1Br)C(=O)OC. The van der Waals surface area contributed by atoms with E-state index in [-0.39, 0.29) is 12.0 Å². The normalized spacial score (nSPS) is 12.2. The highest BCUT2D eigenvalue weighted by Crippen LogP contribution is 2.27. The van der Waals surface area contributed by atoms with E-state index in [9.17, 15) is 4.79 Å². The Balaban J connectivity index is 2.56.